The molecule has 0 bridgehead atoms. The fourth-order valence-electron chi connectivity index (χ4n) is 1.64. The fourth-order valence-corrected chi connectivity index (χ4v) is 4.42. The standard InChI is InChI=1S/C13H31NO4Si3/c1-19(2,3)14-11(13(16)18-21(7,8)9)10-12(15)17-20(4,5)6/h11,14H,10H2,1-9H3/t11-/m1/s1. The van der Waals surface area contributed by atoms with Gasteiger partial charge in [-0.25, -0.2) is 0 Å². The average molecular weight is 350 g/mol. The van der Waals surface area contributed by atoms with E-state index in [1.54, 1.807) is 0 Å². The highest BCUT2D eigenvalue weighted by atomic mass is 28.4. The molecule has 21 heavy (non-hydrogen) atoms. The summed E-state index contributed by atoms with van der Waals surface area (Å²) in [5.74, 6) is -0.651. The van der Waals surface area contributed by atoms with Crippen molar-refractivity contribution in [3.8, 4) is 0 Å². The van der Waals surface area contributed by atoms with Crippen LogP contribution in [0.4, 0.5) is 0 Å². The van der Waals surface area contributed by atoms with Crippen molar-refractivity contribution in [3.63, 3.8) is 0 Å². The molecule has 0 aromatic heterocycles. The SMILES string of the molecule is C[Si](C)(C)N[C@H](CC(=O)O[Si](C)(C)C)C(=O)O[Si](C)(C)C. The van der Waals surface area contributed by atoms with Crippen molar-refractivity contribution in [2.75, 3.05) is 0 Å². The first-order valence-corrected chi connectivity index (χ1v) is 17.6. The van der Waals surface area contributed by atoms with Crippen molar-refractivity contribution in [1.82, 2.24) is 4.98 Å². The van der Waals surface area contributed by atoms with Gasteiger partial charge in [0, 0.05) is 0 Å². The number of carbonyl (C=O) groups is 2. The highest BCUT2D eigenvalue weighted by molar-refractivity contribution is 6.74. The van der Waals surface area contributed by atoms with Crippen molar-refractivity contribution in [1.29, 1.82) is 0 Å². The minimum absolute atomic E-state index is 0.0395. The van der Waals surface area contributed by atoms with E-state index in [2.05, 4.69) is 24.6 Å². The molecule has 1 atom stereocenters. The molecule has 0 amide bonds. The predicted octanol–water partition coefficient (Wildman–Crippen LogP) is 2.93. The van der Waals surface area contributed by atoms with Gasteiger partial charge in [-0.1, -0.05) is 19.6 Å². The van der Waals surface area contributed by atoms with Gasteiger partial charge in [0.2, 0.25) is 16.6 Å². The fraction of sp³-hybridized carbons (Fsp3) is 0.846. The second-order valence-corrected chi connectivity index (χ2v) is 21.9. The number of carbonyl (C=O) groups excluding carboxylic acids is 2. The van der Waals surface area contributed by atoms with E-state index in [1.807, 2.05) is 39.3 Å². The molecule has 0 aromatic rings. The van der Waals surface area contributed by atoms with E-state index >= 15 is 0 Å². The Balaban J connectivity index is 4.91. The lowest BCUT2D eigenvalue weighted by Crippen LogP contribution is -2.54. The molecule has 0 aromatic carbocycles. The summed E-state index contributed by atoms with van der Waals surface area (Å²) in [7, 11) is -5.63. The summed E-state index contributed by atoms with van der Waals surface area (Å²) < 4.78 is 11.0. The van der Waals surface area contributed by atoms with Crippen LogP contribution in [0.5, 0.6) is 0 Å². The molecule has 0 saturated heterocycles. The average Bonchev–Trinajstić information content (AvgIpc) is 2.07. The van der Waals surface area contributed by atoms with Crippen LogP contribution in [0.1, 0.15) is 6.42 Å². The first kappa shape index (κ1) is 20.6. The molecule has 124 valence electrons. The number of hydrogen-bond acceptors (Lipinski definition) is 5. The van der Waals surface area contributed by atoms with E-state index in [9.17, 15) is 9.59 Å². The molecule has 0 saturated carbocycles. The largest absolute Gasteiger partial charge is 0.520 e. The summed E-state index contributed by atoms with van der Waals surface area (Å²) in [6, 6.07) is -0.604. The quantitative estimate of drug-likeness (QED) is 0.716. The van der Waals surface area contributed by atoms with Gasteiger partial charge in [-0.05, 0) is 39.3 Å². The zero-order valence-electron chi connectivity index (χ0n) is 14.9. The molecule has 0 unspecified atom stereocenters. The minimum Gasteiger partial charge on any atom is -0.520 e. The Kier molecular flexibility index (Phi) is 7.05. The van der Waals surface area contributed by atoms with Crippen LogP contribution in [0.3, 0.4) is 0 Å². The zero-order chi connectivity index (χ0) is 17.1. The first-order valence-electron chi connectivity index (χ1n) is 7.31. The molecule has 0 heterocycles. The Morgan fingerprint density at radius 3 is 1.62 bits per heavy atom. The van der Waals surface area contributed by atoms with E-state index in [1.165, 1.54) is 0 Å². The van der Waals surface area contributed by atoms with Crippen molar-refractivity contribution in [2.45, 2.75) is 71.4 Å². The van der Waals surface area contributed by atoms with E-state index in [4.69, 9.17) is 8.85 Å². The van der Waals surface area contributed by atoms with Crippen LogP contribution in [-0.2, 0) is 18.4 Å². The Hall–Kier alpha value is -0.449. The van der Waals surface area contributed by atoms with Gasteiger partial charge in [0.1, 0.15) is 14.3 Å². The molecule has 0 rings (SSSR count). The third-order valence-corrected chi connectivity index (χ3v) is 4.96. The lowest BCUT2D eigenvalue weighted by molar-refractivity contribution is -0.143. The van der Waals surface area contributed by atoms with E-state index in [0.29, 0.717) is 0 Å². The molecule has 8 heteroatoms. The molecule has 5 nitrogen and oxygen atoms in total. The van der Waals surface area contributed by atoms with Crippen LogP contribution in [0.15, 0.2) is 0 Å². The lowest BCUT2D eigenvalue weighted by atomic mass is 10.2. The van der Waals surface area contributed by atoms with Gasteiger partial charge in [0.25, 0.3) is 5.97 Å². The topological polar surface area (TPSA) is 64.6 Å². The van der Waals surface area contributed by atoms with Crippen molar-refractivity contribution >= 4 is 36.8 Å². The first-order chi connectivity index (χ1) is 9.09. The van der Waals surface area contributed by atoms with E-state index in [-0.39, 0.29) is 18.4 Å². The summed E-state index contributed by atoms with van der Waals surface area (Å²) in [5, 5.41) is 0. The highest BCUT2D eigenvalue weighted by Gasteiger charge is 2.33. The number of hydrogen-bond donors (Lipinski definition) is 1. The Labute approximate surface area is 132 Å². The Morgan fingerprint density at radius 2 is 1.29 bits per heavy atom. The highest BCUT2D eigenvalue weighted by Crippen LogP contribution is 2.12. The number of rotatable bonds is 7. The third kappa shape index (κ3) is 11.8. The third-order valence-electron chi connectivity index (χ3n) is 2.09. The van der Waals surface area contributed by atoms with Crippen LogP contribution < -0.4 is 4.98 Å². The van der Waals surface area contributed by atoms with Crippen molar-refractivity contribution in [2.24, 2.45) is 0 Å². The van der Waals surface area contributed by atoms with E-state index < -0.39 is 30.9 Å². The lowest BCUT2D eigenvalue weighted by Gasteiger charge is -2.29. The van der Waals surface area contributed by atoms with Crippen LogP contribution in [0.25, 0.3) is 0 Å². The second kappa shape index (κ2) is 7.21. The Bertz CT molecular complexity index is 380. The van der Waals surface area contributed by atoms with Crippen LogP contribution in [-0.4, -0.2) is 42.9 Å². The monoisotopic (exact) mass is 349 g/mol. The van der Waals surface area contributed by atoms with Gasteiger partial charge in [0.05, 0.1) is 6.42 Å². The number of nitrogens with one attached hydrogen (secondary N) is 1. The van der Waals surface area contributed by atoms with Gasteiger partial charge >= 0.3 is 5.97 Å². The van der Waals surface area contributed by atoms with Gasteiger partial charge in [-0.2, -0.15) is 0 Å². The molecular formula is C13H31NO4Si3. The molecule has 0 fully saturated rings. The maximum absolute atomic E-state index is 12.3. The normalized spacial score (nSPS) is 14.5. The predicted molar refractivity (Wildman–Crippen MR) is 93.8 cm³/mol. The molecule has 0 radical (unpaired) electrons. The maximum atomic E-state index is 12.3. The maximum Gasteiger partial charge on any atom is 0.309 e. The molecule has 0 aliphatic heterocycles. The summed E-state index contributed by atoms with van der Waals surface area (Å²) in [5.41, 5.74) is 0. The van der Waals surface area contributed by atoms with Crippen molar-refractivity contribution in [3.05, 3.63) is 0 Å². The molecule has 0 aliphatic carbocycles. The molecule has 1 N–H and O–H groups in total. The van der Waals surface area contributed by atoms with Gasteiger partial charge < -0.3 is 13.8 Å². The summed E-state index contributed by atoms with van der Waals surface area (Å²) >= 11 is 0. The summed E-state index contributed by atoms with van der Waals surface area (Å²) in [6.45, 7) is 18.0. The van der Waals surface area contributed by atoms with Crippen LogP contribution in [0.2, 0.25) is 58.9 Å². The zero-order valence-corrected chi connectivity index (χ0v) is 17.9. The van der Waals surface area contributed by atoms with Gasteiger partial charge in [-0.15, -0.1) is 0 Å². The van der Waals surface area contributed by atoms with Crippen LogP contribution in [0, 0.1) is 0 Å². The summed E-state index contributed by atoms with van der Waals surface area (Å²) in [4.78, 5) is 27.6. The Morgan fingerprint density at radius 1 is 0.857 bits per heavy atom. The molecule has 0 spiro atoms. The second-order valence-electron chi connectivity index (χ2n) is 8.27. The minimum atomic E-state index is -1.97. The molecule has 0 aliphatic rings. The van der Waals surface area contributed by atoms with Crippen molar-refractivity contribution < 1.29 is 18.4 Å². The van der Waals surface area contributed by atoms with Crippen LogP contribution >= 0.6 is 0 Å². The van der Waals surface area contributed by atoms with E-state index in [0.717, 1.165) is 0 Å². The van der Waals surface area contributed by atoms with Gasteiger partial charge in [0.15, 0.2) is 0 Å². The molecular weight excluding hydrogens is 318 g/mol. The smallest absolute Gasteiger partial charge is 0.309 e. The van der Waals surface area contributed by atoms with Gasteiger partial charge in [-0.3, -0.25) is 9.59 Å². The summed E-state index contributed by atoms with van der Waals surface area (Å²) in [6.07, 6.45) is 0.0395.